The Labute approximate surface area is 206 Å². The summed E-state index contributed by atoms with van der Waals surface area (Å²) in [4.78, 5) is 12.5. The minimum absolute atomic E-state index is 0. The molecule has 0 bridgehead atoms. The molecule has 0 aliphatic rings. The Hall–Kier alpha value is -1.96. The summed E-state index contributed by atoms with van der Waals surface area (Å²) in [5.74, 6) is 5.64. The first-order valence-electron chi connectivity index (χ1n) is 9.68. The van der Waals surface area contributed by atoms with Gasteiger partial charge in [-0.1, -0.05) is 58.6 Å². The number of nitrogens with two attached hydrogens (primary N) is 1. The summed E-state index contributed by atoms with van der Waals surface area (Å²) in [6.45, 7) is 14.2. The van der Waals surface area contributed by atoms with Crippen LogP contribution in [-0.2, 0) is 4.74 Å². The maximum absolute atomic E-state index is 12.5. The largest absolute Gasteiger partial charge is 2.00 e. The molecule has 0 saturated carbocycles. The smallest absolute Gasteiger partial charge is 0.461 e. The van der Waals surface area contributed by atoms with E-state index in [1.54, 1.807) is 13.1 Å². The van der Waals surface area contributed by atoms with Crippen LogP contribution in [0.1, 0.15) is 55.7 Å². The van der Waals surface area contributed by atoms with Gasteiger partial charge < -0.3 is 18.0 Å². The van der Waals surface area contributed by atoms with Crippen molar-refractivity contribution in [3.05, 3.63) is 85.6 Å². The molecule has 2 N–H and O–H groups in total. The molecule has 1 aromatic carbocycles. The molecular weight excluding hydrogens is 598 g/mol. The molecular formula is C25H34N2O2U. The van der Waals surface area contributed by atoms with E-state index in [0.717, 1.165) is 23.1 Å². The molecule has 0 amide bonds. The van der Waals surface area contributed by atoms with Crippen molar-refractivity contribution in [1.29, 1.82) is 0 Å². The van der Waals surface area contributed by atoms with Crippen LogP contribution in [0.5, 0.6) is 0 Å². The van der Waals surface area contributed by atoms with Gasteiger partial charge in [-0.15, -0.1) is 5.56 Å². The second kappa shape index (κ2) is 15.8. The van der Waals surface area contributed by atoms with Crippen molar-refractivity contribution in [2.45, 2.75) is 41.0 Å². The first-order valence-corrected chi connectivity index (χ1v) is 9.68. The maximum atomic E-state index is 12.5. The van der Waals surface area contributed by atoms with Crippen LogP contribution in [0.4, 0.5) is 0 Å². The summed E-state index contributed by atoms with van der Waals surface area (Å²) in [6.07, 6.45) is 10.5. The molecule has 1 heterocycles. The molecule has 2 aromatic rings. The van der Waals surface area contributed by atoms with E-state index in [1.165, 1.54) is 4.68 Å². The van der Waals surface area contributed by atoms with Crippen molar-refractivity contribution in [2.24, 2.45) is 0 Å². The molecule has 0 unspecified atom stereocenters. The van der Waals surface area contributed by atoms with Gasteiger partial charge in [-0.25, -0.2) is 4.79 Å². The van der Waals surface area contributed by atoms with Crippen LogP contribution in [-0.4, -0.2) is 17.3 Å². The van der Waals surface area contributed by atoms with Gasteiger partial charge in [0, 0.05) is 11.8 Å². The number of hydrogen-bond acceptors (Lipinski definition) is 3. The van der Waals surface area contributed by atoms with Crippen LogP contribution < -0.4 is 5.84 Å². The minimum atomic E-state index is -0.465. The van der Waals surface area contributed by atoms with E-state index in [0.29, 0.717) is 16.8 Å². The van der Waals surface area contributed by atoms with Gasteiger partial charge in [0.15, 0.2) is 5.69 Å². The normalized spacial score (nSPS) is 10.0. The van der Waals surface area contributed by atoms with Crippen molar-refractivity contribution in [1.82, 2.24) is 4.68 Å². The van der Waals surface area contributed by atoms with Crippen LogP contribution in [0.3, 0.4) is 0 Å². The number of hydrogen-bond donors (Lipinski definition) is 1. The zero-order chi connectivity index (χ0) is 21.1. The number of esters is 1. The molecule has 0 fully saturated rings. The standard InChI is InChI=1S/C22H25N2O2.C2H6.CH3.U/c1-5-7-8-9-13-17(4)20-19(18-14-11-10-12-16(18)3)15-24(23)21(20)22(25)26-6-2;1-2;;/h7-11,13-15H,4-6,23H2,1-3H3;1-2H3;1H3;/q-1;;-1;+2/b8-7-,13-9-;;;. The van der Waals surface area contributed by atoms with E-state index >= 15 is 0 Å². The monoisotopic (exact) mass is 632 g/mol. The quantitative estimate of drug-likeness (QED) is 0.172. The van der Waals surface area contributed by atoms with E-state index in [9.17, 15) is 4.79 Å². The number of aromatic nitrogens is 1. The van der Waals surface area contributed by atoms with E-state index in [1.807, 2.05) is 63.3 Å². The Bertz CT molecular complexity index is 864. The first-order chi connectivity index (χ1) is 13.5. The number of carbonyl (C=O) groups is 1. The average molecular weight is 633 g/mol. The molecule has 0 aliphatic carbocycles. The van der Waals surface area contributed by atoms with E-state index in [2.05, 4.69) is 19.6 Å². The number of carbonyl (C=O) groups excluding carboxylic acids is 1. The molecule has 0 atom stereocenters. The third kappa shape index (κ3) is 7.70. The number of allylic oxidation sites excluding steroid dienone is 5. The van der Waals surface area contributed by atoms with Crippen LogP contribution in [0.2, 0.25) is 0 Å². The van der Waals surface area contributed by atoms with Gasteiger partial charge >= 0.3 is 37.1 Å². The molecule has 4 nitrogen and oxygen atoms in total. The second-order valence-electron chi connectivity index (χ2n) is 5.82. The summed E-state index contributed by atoms with van der Waals surface area (Å²) >= 11 is 0. The molecule has 0 radical (unpaired) electrons. The number of aryl methyl sites for hydroxylation is 1. The maximum Gasteiger partial charge on any atom is 2.00 e. The molecule has 1 aromatic heterocycles. The van der Waals surface area contributed by atoms with Gasteiger partial charge in [0.1, 0.15) is 0 Å². The Kier molecular flexibility index (Phi) is 16.0. The molecule has 0 spiro atoms. The summed E-state index contributed by atoms with van der Waals surface area (Å²) in [5.41, 5.74) is 4.41. The summed E-state index contributed by atoms with van der Waals surface area (Å²) in [5, 5.41) is 0. The SMILES string of the molecule is C=C(/C=C\C=C/CC)c1c(-c2ccc[c-]c2C)cn(N)c1C(=O)OCC.CC.[CH3-].[U+2]. The predicted molar refractivity (Wildman–Crippen MR) is 125 cm³/mol. The van der Waals surface area contributed by atoms with Gasteiger partial charge in [-0.3, -0.25) is 4.68 Å². The van der Waals surface area contributed by atoms with Gasteiger partial charge in [-0.05, 0) is 24.5 Å². The molecule has 2 rings (SSSR count). The van der Waals surface area contributed by atoms with Gasteiger partial charge in [0.2, 0.25) is 0 Å². The summed E-state index contributed by atoms with van der Waals surface area (Å²) in [7, 11) is 0. The Morgan fingerprint density at radius 1 is 1.27 bits per heavy atom. The van der Waals surface area contributed by atoms with Crippen LogP contribution in [0.25, 0.3) is 16.7 Å². The average Bonchev–Trinajstić information content (AvgIpc) is 3.04. The second-order valence-corrected chi connectivity index (χ2v) is 5.82. The number of nitrogens with zero attached hydrogens (tertiary/aromatic N) is 1. The molecule has 0 aliphatic heterocycles. The third-order valence-corrected chi connectivity index (χ3v) is 3.96. The Balaban J connectivity index is 0. The van der Waals surface area contributed by atoms with E-state index in [-0.39, 0.29) is 45.1 Å². The number of nitrogen functional groups attached to an aromatic ring is 1. The van der Waals surface area contributed by atoms with Crippen molar-refractivity contribution in [3.63, 3.8) is 0 Å². The molecule has 5 heteroatoms. The number of benzene rings is 1. The van der Waals surface area contributed by atoms with Gasteiger partial charge in [-0.2, -0.15) is 29.8 Å². The zero-order valence-electron chi connectivity index (χ0n) is 19.1. The molecule has 160 valence electrons. The topological polar surface area (TPSA) is 57.2 Å². The molecule has 30 heavy (non-hydrogen) atoms. The van der Waals surface area contributed by atoms with Crippen molar-refractivity contribution in [3.8, 4) is 11.1 Å². The Morgan fingerprint density at radius 2 is 1.93 bits per heavy atom. The van der Waals surface area contributed by atoms with Gasteiger partial charge in [0.25, 0.3) is 0 Å². The third-order valence-electron chi connectivity index (χ3n) is 3.96. The summed E-state index contributed by atoms with van der Waals surface area (Å²) < 4.78 is 6.51. The number of rotatable bonds is 7. The minimum Gasteiger partial charge on any atom is -0.461 e. The van der Waals surface area contributed by atoms with Crippen molar-refractivity contribution in [2.75, 3.05) is 12.4 Å². The van der Waals surface area contributed by atoms with Crippen LogP contribution >= 0.6 is 0 Å². The van der Waals surface area contributed by atoms with Crippen LogP contribution in [0.15, 0.2) is 55.3 Å². The summed E-state index contributed by atoms with van der Waals surface area (Å²) in [6, 6.07) is 8.93. The Morgan fingerprint density at radius 3 is 2.50 bits per heavy atom. The van der Waals surface area contributed by atoms with Crippen LogP contribution in [0, 0.1) is 51.5 Å². The number of ether oxygens (including phenoxy) is 1. The van der Waals surface area contributed by atoms with E-state index in [4.69, 9.17) is 10.6 Å². The molecule has 0 saturated heterocycles. The first kappa shape index (κ1) is 30.2. The fourth-order valence-electron chi connectivity index (χ4n) is 2.74. The zero-order valence-corrected chi connectivity index (χ0v) is 23.2. The fraction of sp³-hybridized carbons (Fsp3) is 0.280. The predicted octanol–water partition coefficient (Wildman–Crippen LogP) is 6.17. The van der Waals surface area contributed by atoms with Crippen molar-refractivity contribution < 1.29 is 40.6 Å². The van der Waals surface area contributed by atoms with E-state index < -0.39 is 5.97 Å². The fourth-order valence-corrected chi connectivity index (χ4v) is 2.74. The van der Waals surface area contributed by atoms with Gasteiger partial charge in [0.05, 0.1) is 6.61 Å². The van der Waals surface area contributed by atoms with Crippen molar-refractivity contribution >= 4 is 11.5 Å².